The van der Waals surface area contributed by atoms with Crippen LogP contribution in [0.4, 0.5) is 0 Å². The Balaban J connectivity index is 1.15. The van der Waals surface area contributed by atoms with Crippen LogP contribution in [-0.2, 0) is 0 Å². The number of hydrogen-bond acceptors (Lipinski definition) is 4. The maximum absolute atomic E-state index is 12.6. The highest BCUT2D eigenvalue weighted by molar-refractivity contribution is 5.96. The van der Waals surface area contributed by atoms with Crippen LogP contribution in [0.25, 0.3) is 11.2 Å². The normalized spacial score (nSPS) is 20.1. The number of rotatable bonds is 6. The van der Waals surface area contributed by atoms with Gasteiger partial charge in [0.2, 0.25) is 0 Å². The molecule has 29 heavy (non-hydrogen) atoms. The number of hydrogen-bond donors (Lipinski definition) is 1. The number of carbonyl (C=O) groups excluding carboxylic acids is 1. The van der Waals surface area contributed by atoms with Gasteiger partial charge in [0.25, 0.3) is 5.91 Å². The molecule has 6 nitrogen and oxygen atoms in total. The maximum atomic E-state index is 12.6. The first kappa shape index (κ1) is 18.3. The van der Waals surface area contributed by atoms with Gasteiger partial charge >= 0.3 is 0 Å². The molecule has 2 aromatic heterocycles. The van der Waals surface area contributed by atoms with Crippen molar-refractivity contribution in [2.24, 2.45) is 0 Å². The number of nitrogens with one attached hydrogen (secondary N) is 1. The Morgan fingerprint density at radius 3 is 2.83 bits per heavy atom. The van der Waals surface area contributed by atoms with Gasteiger partial charge in [-0.1, -0.05) is 30.3 Å². The molecule has 1 saturated heterocycles. The second-order valence-electron chi connectivity index (χ2n) is 8.26. The monoisotopic (exact) mass is 389 g/mol. The molecule has 5 rings (SSSR count). The number of nitrogens with zero attached hydrogens (tertiary/aromatic N) is 4. The van der Waals surface area contributed by atoms with Gasteiger partial charge in [0.1, 0.15) is 5.52 Å². The van der Waals surface area contributed by atoms with Gasteiger partial charge in [0.15, 0.2) is 5.65 Å². The van der Waals surface area contributed by atoms with Crippen molar-refractivity contribution in [3.8, 4) is 0 Å². The van der Waals surface area contributed by atoms with Gasteiger partial charge in [0, 0.05) is 31.9 Å². The van der Waals surface area contributed by atoms with Gasteiger partial charge in [0.05, 0.1) is 11.9 Å². The lowest BCUT2D eigenvalue weighted by atomic mass is 9.91. The van der Waals surface area contributed by atoms with Gasteiger partial charge in [-0.3, -0.25) is 4.79 Å². The van der Waals surface area contributed by atoms with E-state index in [4.69, 9.17) is 0 Å². The summed E-state index contributed by atoms with van der Waals surface area (Å²) in [6.45, 7) is 3.69. The van der Waals surface area contributed by atoms with E-state index in [-0.39, 0.29) is 5.91 Å². The van der Waals surface area contributed by atoms with E-state index in [9.17, 15) is 4.79 Å². The minimum atomic E-state index is -0.0722. The second-order valence-corrected chi connectivity index (χ2v) is 8.26. The quantitative estimate of drug-likeness (QED) is 0.702. The first-order valence-corrected chi connectivity index (χ1v) is 10.7. The highest BCUT2D eigenvalue weighted by Crippen LogP contribution is 2.36. The number of carbonyl (C=O) groups is 1. The molecule has 1 unspecified atom stereocenters. The SMILES string of the molecule is O=C(NCCN1CCCC(c2ccccc2)C1)c1cnc2c(c1)ncn2C1CC1. The average molecular weight is 390 g/mol. The molecule has 3 heterocycles. The molecule has 1 amide bonds. The van der Waals surface area contributed by atoms with Gasteiger partial charge in [-0.05, 0) is 49.8 Å². The first-order chi connectivity index (χ1) is 14.3. The molecule has 1 N–H and O–H groups in total. The largest absolute Gasteiger partial charge is 0.351 e. The van der Waals surface area contributed by atoms with Crippen molar-refractivity contribution in [1.29, 1.82) is 0 Å². The molecule has 1 aliphatic carbocycles. The number of fused-ring (bicyclic) bond motifs is 1. The maximum Gasteiger partial charge on any atom is 0.252 e. The van der Waals surface area contributed by atoms with Crippen LogP contribution >= 0.6 is 0 Å². The third-order valence-corrected chi connectivity index (χ3v) is 6.11. The van der Waals surface area contributed by atoms with Crippen LogP contribution in [-0.4, -0.2) is 51.5 Å². The number of benzene rings is 1. The van der Waals surface area contributed by atoms with E-state index in [1.54, 1.807) is 6.20 Å². The number of piperidine rings is 1. The van der Waals surface area contributed by atoms with Crippen molar-refractivity contribution in [1.82, 2.24) is 24.8 Å². The van der Waals surface area contributed by atoms with E-state index in [0.717, 1.165) is 30.8 Å². The van der Waals surface area contributed by atoms with Gasteiger partial charge in [-0.15, -0.1) is 0 Å². The van der Waals surface area contributed by atoms with Crippen LogP contribution < -0.4 is 5.32 Å². The van der Waals surface area contributed by atoms with Gasteiger partial charge < -0.3 is 14.8 Å². The van der Waals surface area contributed by atoms with Crippen molar-refractivity contribution < 1.29 is 4.79 Å². The smallest absolute Gasteiger partial charge is 0.252 e. The molecule has 1 atom stereocenters. The van der Waals surface area contributed by atoms with Gasteiger partial charge in [-0.2, -0.15) is 0 Å². The molecule has 1 aliphatic heterocycles. The van der Waals surface area contributed by atoms with Crippen molar-refractivity contribution >= 4 is 17.1 Å². The van der Waals surface area contributed by atoms with Crippen molar-refractivity contribution in [2.75, 3.05) is 26.2 Å². The molecule has 3 aromatic rings. The lowest BCUT2D eigenvalue weighted by Crippen LogP contribution is -2.40. The number of amides is 1. The highest BCUT2D eigenvalue weighted by atomic mass is 16.1. The molecule has 150 valence electrons. The summed E-state index contributed by atoms with van der Waals surface area (Å²) < 4.78 is 2.12. The summed E-state index contributed by atoms with van der Waals surface area (Å²) in [7, 11) is 0. The molecular weight excluding hydrogens is 362 g/mol. The molecule has 0 bridgehead atoms. The van der Waals surface area contributed by atoms with Crippen LogP contribution in [0.5, 0.6) is 0 Å². The summed E-state index contributed by atoms with van der Waals surface area (Å²) in [5.41, 5.74) is 3.68. The predicted octanol–water partition coefficient (Wildman–Crippen LogP) is 3.38. The summed E-state index contributed by atoms with van der Waals surface area (Å²) in [5.74, 6) is 0.519. The molecule has 1 aromatic carbocycles. The molecule has 2 fully saturated rings. The summed E-state index contributed by atoms with van der Waals surface area (Å²) in [4.78, 5) is 23.9. The van der Waals surface area contributed by atoms with Crippen molar-refractivity contribution in [3.05, 3.63) is 60.0 Å². The molecular formula is C23H27N5O. The van der Waals surface area contributed by atoms with Crippen molar-refractivity contribution in [2.45, 2.75) is 37.6 Å². The zero-order valence-electron chi connectivity index (χ0n) is 16.6. The molecule has 0 radical (unpaired) electrons. The molecule has 2 aliphatic rings. The minimum absolute atomic E-state index is 0.0722. The minimum Gasteiger partial charge on any atom is -0.351 e. The summed E-state index contributed by atoms with van der Waals surface area (Å²) in [6, 6.07) is 13.1. The number of pyridine rings is 1. The third-order valence-electron chi connectivity index (χ3n) is 6.11. The molecule has 1 saturated carbocycles. The molecule has 6 heteroatoms. The summed E-state index contributed by atoms with van der Waals surface area (Å²) in [5, 5.41) is 3.05. The van der Waals surface area contributed by atoms with Crippen LogP contribution in [0.3, 0.4) is 0 Å². The Morgan fingerprint density at radius 2 is 2.00 bits per heavy atom. The van der Waals surface area contributed by atoms with E-state index in [1.807, 2.05) is 12.4 Å². The Bertz CT molecular complexity index is 995. The van der Waals surface area contributed by atoms with Crippen LogP contribution in [0.1, 0.15) is 53.6 Å². The van der Waals surface area contributed by atoms with Crippen LogP contribution in [0, 0.1) is 0 Å². The Kier molecular flexibility index (Phi) is 5.02. The van der Waals surface area contributed by atoms with E-state index in [2.05, 4.69) is 55.1 Å². The lowest BCUT2D eigenvalue weighted by molar-refractivity contribution is 0.0945. The summed E-state index contributed by atoms with van der Waals surface area (Å²) >= 11 is 0. The van der Waals surface area contributed by atoms with E-state index in [1.165, 1.54) is 31.2 Å². The summed E-state index contributed by atoms with van der Waals surface area (Å²) in [6.07, 6.45) is 8.35. The Labute approximate surface area is 171 Å². The fraction of sp³-hybridized carbons (Fsp3) is 0.435. The number of imidazole rings is 1. The fourth-order valence-electron chi connectivity index (χ4n) is 4.35. The number of likely N-dealkylation sites (tertiary alicyclic amines) is 1. The second kappa shape index (κ2) is 7.95. The Morgan fingerprint density at radius 1 is 1.14 bits per heavy atom. The number of aromatic nitrogens is 3. The van der Waals surface area contributed by atoms with Gasteiger partial charge in [-0.25, -0.2) is 9.97 Å². The standard InChI is InChI=1S/C23H27N5O/c29-23(19-13-21-22(25-14-19)28(16-26-21)20-8-9-20)24-10-12-27-11-4-7-18(15-27)17-5-2-1-3-6-17/h1-3,5-6,13-14,16,18,20H,4,7-12,15H2,(H,24,29). The van der Waals surface area contributed by atoms with Crippen LogP contribution in [0.2, 0.25) is 0 Å². The zero-order valence-corrected chi connectivity index (χ0v) is 16.6. The van der Waals surface area contributed by atoms with Crippen LogP contribution in [0.15, 0.2) is 48.9 Å². The average Bonchev–Trinajstić information content (AvgIpc) is 3.53. The Hall–Kier alpha value is -2.73. The fourth-order valence-corrected chi connectivity index (χ4v) is 4.35. The first-order valence-electron chi connectivity index (χ1n) is 10.7. The van der Waals surface area contributed by atoms with E-state index in [0.29, 0.717) is 24.1 Å². The topological polar surface area (TPSA) is 63.1 Å². The highest BCUT2D eigenvalue weighted by Gasteiger charge is 2.26. The van der Waals surface area contributed by atoms with E-state index >= 15 is 0 Å². The lowest BCUT2D eigenvalue weighted by Gasteiger charge is -2.33. The molecule has 0 spiro atoms. The predicted molar refractivity (Wildman–Crippen MR) is 113 cm³/mol. The van der Waals surface area contributed by atoms with E-state index < -0.39 is 0 Å². The zero-order chi connectivity index (χ0) is 19.6. The van der Waals surface area contributed by atoms with Crippen molar-refractivity contribution in [3.63, 3.8) is 0 Å². The third kappa shape index (κ3) is 4.03.